The SMILES string of the molecule is CC(=O)Nc1ccc(Nc2nncc(Nc3ccc(F)c(F)c3)n2)cc1. The molecule has 0 saturated heterocycles. The molecule has 0 aliphatic heterocycles. The van der Waals surface area contributed by atoms with Gasteiger partial charge < -0.3 is 16.0 Å². The van der Waals surface area contributed by atoms with Crippen molar-refractivity contribution in [3.05, 3.63) is 60.3 Å². The third kappa shape index (κ3) is 4.47. The summed E-state index contributed by atoms with van der Waals surface area (Å²) in [7, 11) is 0. The molecule has 0 saturated carbocycles. The first-order valence-corrected chi connectivity index (χ1v) is 7.56. The number of halogens is 2. The fourth-order valence-electron chi connectivity index (χ4n) is 2.11. The monoisotopic (exact) mass is 356 g/mol. The van der Waals surface area contributed by atoms with Crippen molar-refractivity contribution in [2.24, 2.45) is 0 Å². The smallest absolute Gasteiger partial charge is 0.249 e. The fraction of sp³-hybridized carbons (Fsp3) is 0.0588. The molecule has 0 atom stereocenters. The van der Waals surface area contributed by atoms with Gasteiger partial charge in [0.05, 0.1) is 6.20 Å². The van der Waals surface area contributed by atoms with E-state index in [1.165, 1.54) is 19.2 Å². The van der Waals surface area contributed by atoms with E-state index in [9.17, 15) is 13.6 Å². The van der Waals surface area contributed by atoms with Gasteiger partial charge in [-0.3, -0.25) is 4.79 Å². The Morgan fingerprint density at radius 1 is 0.923 bits per heavy atom. The van der Waals surface area contributed by atoms with Crippen LogP contribution in [0.4, 0.5) is 37.6 Å². The number of benzene rings is 2. The standard InChI is InChI=1S/C17H14F2N6O/c1-10(26)21-11-2-4-12(5-3-11)23-17-24-16(9-20-25-17)22-13-6-7-14(18)15(19)8-13/h2-9H,1H3,(H,21,26)(H2,22,23,24,25). The normalized spacial score (nSPS) is 10.3. The van der Waals surface area contributed by atoms with Crippen LogP contribution in [0.1, 0.15) is 6.92 Å². The van der Waals surface area contributed by atoms with Crippen LogP contribution in [0, 0.1) is 11.6 Å². The highest BCUT2D eigenvalue weighted by molar-refractivity contribution is 5.88. The van der Waals surface area contributed by atoms with Crippen LogP contribution in [0.15, 0.2) is 48.7 Å². The average Bonchev–Trinajstić information content (AvgIpc) is 2.60. The van der Waals surface area contributed by atoms with E-state index in [1.807, 2.05) is 0 Å². The molecule has 0 radical (unpaired) electrons. The summed E-state index contributed by atoms with van der Waals surface area (Å²) < 4.78 is 26.2. The van der Waals surface area contributed by atoms with Gasteiger partial charge >= 0.3 is 0 Å². The summed E-state index contributed by atoms with van der Waals surface area (Å²) in [6.07, 6.45) is 1.35. The molecule has 7 nitrogen and oxygen atoms in total. The van der Waals surface area contributed by atoms with Crippen molar-refractivity contribution in [1.82, 2.24) is 15.2 Å². The third-order valence-corrected chi connectivity index (χ3v) is 3.21. The lowest BCUT2D eigenvalue weighted by atomic mass is 10.3. The molecule has 0 unspecified atom stereocenters. The van der Waals surface area contributed by atoms with E-state index in [-0.39, 0.29) is 11.9 Å². The van der Waals surface area contributed by atoms with Gasteiger partial charge in [0.1, 0.15) is 0 Å². The maximum atomic E-state index is 13.3. The van der Waals surface area contributed by atoms with Crippen LogP contribution in [0.3, 0.4) is 0 Å². The molecule has 1 heterocycles. The quantitative estimate of drug-likeness (QED) is 0.647. The minimum Gasteiger partial charge on any atom is -0.339 e. The van der Waals surface area contributed by atoms with Gasteiger partial charge in [-0.2, -0.15) is 10.1 Å². The molecule has 3 rings (SSSR count). The summed E-state index contributed by atoms with van der Waals surface area (Å²) in [6.45, 7) is 1.43. The van der Waals surface area contributed by atoms with Gasteiger partial charge in [0.2, 0.25) is 11.9 Å². The zero-order valence-corrected chi connectivity index (χ0v) is 13.6. The first-order valence-electron chi connectivity index (χ1n) is 7.56. The maximum absolute atomic E-state index is 13.3. The molecule has 0 bridgehead atoms. The highest BCUT2D eigenvalue weighted by Crippen LogP contribution is 2.19. The molecule has 3 N–H and O–H groups in total. The lowest BCUT2D eigenvalue weighted by Gasteiger charge is -2.08. The van der Waals surface area contributed by atoms with Crippen molar-refractivity contribution < 1.29 is 13.6 Å². The number of carbonyl (C=O) groups excluding carboxylic acids is 1. The second-order valence-corrected chi connectivity index (χ2v) is 5.30. The molecule has 26 heavy (non-hydrogen) atoms. The minimum atomic E-state index is -0.963. The fourth-order valence-corrected chi connectivity index (χ4v) is 2.11. The molecule has 3 aromatic rings. The molecule has 9 heteroatoms. The molecule has 0 spiro atoms. The van der Waals surface area contributed by atoms with E-state index < -0.39 is 11.6 Å². The van der Waals surface area contributed by atoms with Crippen LogP contribution in [0.2, 0.25) is 0 Å². The second-order valence-electron chi connectivity index (χ2n) is 5.30. The second kappa shape index (κ2) is 7.51. The molecule has 0 aliphatic carbocycles. The Bertz CT molecular complexity index is 933. The van der Waals surface area contributed by atoms with Gasteiger partial charge in [-0.15, -0.1) is 5.10 Å². The van der Waals surface area contributed by atoms with Crippen LogP contribution >= 0.6 is 0 Å². The number of nitrogens with zero attached hydrogens (tertiary/aromatic N) is 3. The Labute approximate surface area is 147 Å². The van der Waals surface area contributed by atoms with Crippen LogP contribution in [-0.2, 0) is 4.79 Å². The van der Waals surface area contributed by atoms with E-state index in [0.717, 1.165) is 12.1 Å². The number of nitrogens with one attached hydrogen (secondary N) is 3. The van der Waals surface area contributed by atoms with Gasteiger partial charge in [0, 0.05) is 30.1 Å². The summed E-state index contributed by atoms with van der Waals surface area (Å²) in [4.78, 5) is 15.2. The zero-order valence-electron chi connectivity index (χ0n) is 13.6. The van der Waals surface area contributed by atoms with Crippen molar-refractivity contribution in [2.75, 3.05) is 16.0 Å². The van der Waals surface area contributed by atoms with E-state index in [2.05, 4.69) is 31.1 Å². The Balaban J connectivity index is 1.70. The molecular formula is C17H14F2N6O. The number of amides is 1. The molecule has 2 aromatic carbocycles. The largest absolute Gasteiger partial charge is 0.339 e. The van der Waals surface area contributed by atoms with Gasteiger partial charge in [0.15, 0.2) is 17.5 Å². The van der Waals surface area contributed by atoms with Gasteiger partial charge in [0.25, 0.3) is 0 Å². The number of hydrogen-bond donors (Lipinski definition) is 3. The first kappa shape index (κ1) is 17.2. The number of carbonyl (C=O) groups is 1. The van der Waals surface area contributed by atoms with Crippen LogP contribution in [-0.4, -0.2) is 21.1 Å². The average molecular weight is 356 g/mol. The highest BCUT2D eigenvalue weighted by Gasteiger charge is 2.06. The summed E-state index contributed by atoms with van der Waals surface area (Å²) in [6, 6.07) is 10.3. The zero-order chi connectivity index (χ0) is 18.5. The van der Waals surface area contributed by atoms with Crippen molar-refractivity contribution in [1.29, 1.82) is 0 Å². The van der Waals surface area contributed by atoms with Gasteiger partial charge in [-0.05, 0) is 36.4 Å². The van der Waals surface area contributed by atoms with Gasteiger partial charge in [-0.25, -0.2) is 8.78 Å². The topological polar surface area (TPSA) is 91.8 Å². The number of rotatable bonds is 5. The van der Waals surface area contributed by atoms with Crippen molar-refractivity contribution >= 4 is 34.7 Å². The summed E-state index contributed by atoms with van der Waals surface area (Å²) in [5, 5.41) is 16.1. The Morgan fingerprint density at radius 2 is 1.62 bits per heavy atom. The Kier molecular flexibility index (Phi) is 4.97. The van der Waals surface area contributed by atoms with E-state index in [0.29, 0.717) is 22.9 Å². The van der Waals surface area contributed by atoms with Crippen molar-refractivity contribution in [3.63, 3.8) is 0 Å². The first-order chi connectivity index (χ1) is 12.5. The van der Waals surface area contributed by atoms with E-state index >= 15 is 0 Å². The third-order valence-electron chi connectivity index (χ3n) is 3.21. The van der Waals surface area contributed by atoms with Crippen LogP contribution < -0.4 is 16.0 Å². The number of aromatic nitrogens is 3. The van der Waals surface area contributed by atoms with Crippen molar-refractivity contribution in [2.45, 2.75) is 6.92 Å². The predicted octanol–water partition coefficient (Wildman–Crippen LogP) is 3.60. The van der Waals surface area contributed by atoms with Crippen LogP contribution in [0.25, 0.3) is 0 Å². The molecular weight excluding hydrogens is 342 g/mol. The molecule has 132 valence electrons. The summed E-state index contributed by atoms with van der Waals surface area (Å²) in [5.74, 6) is -1.53. The molecule has 0 aliphatic rings. The molecule has 0 fully saturated rings. The predicted molar refractivity (Wildman–Crippen MR) is 93.5 cm³/mol. The molecule has 1 amide bonds. The number of hydrogen-bond acceptors (Lipinski definition) is 6. The maximum Gasteiger partial charge on any atom is 0.249 e. The molecule has 1 aromatic heterocycles. The Hall–Kier alpha value is -3.62. The number of anilines is 5. The lowest BCUT2D eigenvalue weighted by Crippen LogP contribution is -2.06. The van der Waals surface area contributed by atoms with E-state index in [1.54, 1.807) is 24.3 Å². The minimum absolute atomic E-state index is 0.158. The highest BCUT2D eigenvalue weighted by atomic mass is 19.2. The van der Waals surface area contributed by atoms with Gasteiger partial charge in [-0.1, -0.05) is 0 Å². The van der Waals surface area contributed by atoms with Crippen LogP contribution in [0.5, 0.6) is 0 Å². The summed E-state index contributed by atoms with van der Waals surface area (Å²) >= 11 is 0. The summed E-state index contributed by atoms with van der Waals surface area (Å²) in [5.41, 5.74) is 1.68. The Morgan fingerprint density at radius 3 is 2.31 bits per heavy atom. The van der Waals surface area contributed by atoms with E-state index in [4.69, 9.17) is 0 Å². The van der Waals surface area contributed by atoms with Crippen molar-refractivity contribution in [3.8, 4) is 0 Å². The lowest BCUT2D eigenvalue weighted by molar-refractivity contribution is -0.114.